The summed E-state index contributed by atoms with van der Waals surface area (Å²) in [5.74, 6) is 0.637. The van der Waals surface area contributed by atoms with Crippen molar-refractivity contribution in [3.8, 4) is 0 Å². The van der Waals surface area contributed by atoms with Crippen molar-refractivity contribution in [1.82, 2.24) is 19.5 Å². The molecule has 2 aromatic rings. The van der Waals surface area contributed by atoms with Crippen molar-refractivity contribution < 1.29 is 0 Å². The molecule has 2 heterocycles. The molecular formula is C8H8N4O. The molecular weight excluding hydrogens is 168 g/mol. The molecule has 0 radical (unpaired) electrons. The molecule has 13 heavy (non-hydrogen) atoms. The number of hydrogen-bond donors (Lipinski definition) is 0. The van der Waals surface area contributed by atoms with E-state index < -0.39 is 0 Å². The van der Waals surface area contributed by atoms with Crippen molar-refractivity contribution in [2.24, 2.45) is 7.05 Å². The summed E-state index contributed by atoms with van der Waals surface area (Å²) in [6.07, 6.45) is 3.01. The molecule has 0 bridgehead atoms. The Morgan fingerprint density at radius 2 is 2.00 bits per heavy atom. The fraction of sp³-hybridized carbons (Fsp3) is 0.250. The first-order valence-electron chi connectivity index (χ1n) is 3.84. The Kier molecular flexibility index (Phi) is 1.58. The molecule has 0 aromatic carbocycles. The van der Waals surface area contributed by atoms with Gasteiger partial charge in [0.05, 0.1) is 0 Å². The fourth-order valence-electron chi connectivity index (χ4n) is 1.10. The van der Waals surface area contributed by atoms with Crippen LogP contribution in [0, 0.1) is 6.92 Å². The van der Waals surface area contributed by atoms with E-state index in [0.717, 1.165) is 0 Å². The molecule has 0 spiro atoms. The lowest BCUT2D eigenvalue weighted by Gasteiger charge is -2.02. The Morgan fingerprint density at radius 1 is 1.31 bits per heavy atom. The first-order valence-corrected chi connectivity index (χ1v) is 3.84. The highest BCUT2D eigenvalue weighted by Gasteiger charge is 2.05. The highest BCUT2D eigenvalue weighted by molar-refractivity contribution is 5.67. The molecule has 0 atom stereocenters. The molecule has 2 rings (SSSR count). The predicted octanol–water partition coefficient (Wildman–Crippen LogP) is 0.0319. The summed E-state index contributed by atoms with van der Waals surface area (Å²) in [5, 5.41) is 0. The summed E-state index contributed by atoms with van der Waals surface area (Å²) < 4.78 is 1.46. The summed E-state index contributed by atoms with van der Waals surface area (Å²) in [4.78, 5) is 23.6. The van der Waals surface area contributed by atoms with Crippen molar-refractivity contribution in [3.63, 3.8) is 0 Å². The summed E-state index contributed by atoms with van der Waals surface area (Å²) in [6, 6.07) is 0. The van der Waals surface area contributed by atoms with Crippen LogP contribution in [0.1, 0.15) is 5.82 Å². The standard InChI is InChI=1S/C8H8N4O/c1-5-11-7-6(8(13)12(5)2)9-3-4-10-7/h3-4H,1-2H3. The van der Waals surface area contributed by atoms with E-state index in [1.54, 1.807) is 14.0 Å². The number of aromatic nitrogens is 4. The molecule has 5 nitrogen and oxygen atoms in total. The molecule has 0 saturated carbocycles. The molecule has 0 aliphatic carbocycles. The lowest BCUT2D eigenvalue weighted by Crippen LogP contribution is -2.21. The quantitative estimate of drug-likeness (QED) is 0.568. The number of nitrogens with zero attached hydrogens (tertiary/aromatic N) is 4. The molecule has 0 aliphatic heterocycles. The van der Waals surface area contributed by atoms with Crippen LogP contribution in [-0.2, 0) is 7.05 Å². The van der Waals surface area contributed by atoms with Crippen LogP contribution in [0.2, 0.25) is 0 Å². The predicted molar refractivity (Wildman–Crippen MR) is 47.3 cm³/mol. The largest absolute Gasteiger partial charge is 0.298 e. The SMILES string of the molecule is Cc1nc2nccnc2c(=O)n1C. The van der Waals surface area contributed by atoms with E-state index in [-0.39, 0.29) is 5.56 Å². The number of aryl methyl sites for hydroxylation is 1. The maximum absolute atomic E-state index is 11.6. The minimum atomic E-state index is -0.157. The van der Waals surface area contributed by atoms with Gasteiger partial charge in [-0.2, -0.15) is 0 Å². The van der Waals surface area contributed by atoms with Gasteiger partial charge in [0.15, 0.2) is 11.2 Å². The average Bonchev–Trinajstić information content (AvgIpc) is 2.15. The second-order valence-electron chi connectivity index (χ2n) is 2.75. The highest BCUT2D eigenvalue weighted by Crippen LogP contribution is 1.98. The smallest absolute Gasteiger partial charge is 0.281 e. The Labute approximate surface area is 74.1 Å². The normalized spacial score (nSPS) is 10.6. The van der Waals surface area contributed by atoms with E-state index in [1.165, 1.54) is 17.0 Å². The van der Waals surface area contributed by atoms with Crippen LogP contribution in [-0.4, -0.2) is 19.5 Å². The summed E-state index contributed by atoms with van der Waals surface area (Å²) in [6.45, 7) is 1.76. The van der Waals surface area contributed by atoms with Crippen LogP contribution in [0.5, 0.6) is 0 Å². The van der Waals surface area contributed by atoms with Gasteiger partial charge in [-0.25, -0.2) is 15.0 Å². The number of hydrogen-bond acceptors (Lipinski definition) is 4. The van der Waals surface area contributed by atoms with Crippen molar-refractivity contribution in [2.75, 3.05) is 0 Å². The van der Waals surface area contributed by atoms with Gasteiger partial charge in [-0.15, -0.1) is 0 Å². The van der Waals surface area contributed by atoms with Crippen molar-refractivity contribution in [2.45, 2.75) is 6.92 Å². The zero-order valence-corrected chi connectivity index (χ0v) is 7.35. The zero-order valence-electron chi connectivity index (χ0n) is 7.35. The van der Waals surface area contributed by atoms with Gasteiger partial charge in [-0.05, 0) is 6.92 Å². The van der Waals surface area contributed by atoms with E-state index in [2.05, 4.69) is 15.0 Å². The van der Waals surface area contributed by atoms with E-state index in [1.807, 2.05) is 0 Å². The monoisotopic (exact) mass is 176 g/mol. The van der Waals surface area contributed by atoms with Gasteiger partial charge in [0, 0.05) is 19.4 Å². The van der Waals surface area contributed by atoms with Crippen LogP contribution >= 0.6 is 0 Å². The Balaban J connectivity index is 3.03. The van der Waals surface area contributed by atoms with E-state index in [0.29, 0.717) is 17.0 Å². The average molecular weight is 176 g/mol. The van der Waals surface area contributed by atoms with E-state index in [4.69, 9.17) is 0 Å². The van der Waals surface area contributed by atoms with Gasteiger partial charge in [0.25, 0.3) is 5.56 Å². The van der Waals surface area contributed by atoms with Gasteiger partial charge in [0.2, 0.25) is 0 Å². The lowest BCUT2D eigenvalue weighted by atomic mass is 10.4. The third-order valence-corrected chi connectivity index (χ3v) is 1.94. The van der Waals surface area contributed by atoms with Crippen LogP contribution in [0.4, 0.5) is 0 Å². The topological polar surface area (TPSA) is 60.7 Å². The fourth-order valence-corrected chi connectivity index (χ4v) is 1.10. The molecule has 66 valence electrons. The summed E-state index contributed by atoms with van der Waals surface area (Å²) in [5.41, 5.74) is 0.564. The van der Waals surface area contributed by atoms with Gasteiger partial charge < -0.3 is 0 Å². The van der Waals surface area contributed by atoms with Crippen molar-refractivity contribution in [1.29, 1.82) is 0 Å². The molecule has 0 fully saturated rings. The van der Waals surface area contributed by atoms with Crippen molar-refractivity contribution >= 4 is 11.2 Å². The van der Waals surface area contributed by atoms with Gasteiger partial charge in [-0.1, -0.05) is 0 Å². The highest BCUT2D eigenvalue weighted by atomic mass is 16.1. The van der Waals surface area contributed by atoms with Crippen LogP contribution in [0.15, 0.2) is 17.2 Å². The first kappa shape index (κ1) is 7.85. The van der Waals surface area contributed by atoms with Crippen LogP contribution in [0.25, 0.3) is 11.2 Å². The Hall–Kier alpha value is -1.78. The van der Waals surface area contributed by atoms with Crippen LogP contribution in [0.3, 0.4) is 0 Å². The third kappa shape index (κ3) is 1.09. The minimum Gasteiger partial charge on any atom is -0.298 e. The second-order valence-corrected chi connectivity index (χ2v) is 2.75. The molecule has 0 saturated heterocycles. The van der Waals surface area contributed by atoms with Gasteiger partial charge >= 0.3 is 0 Å². The molecule has 0 unspecified atom stereocenters. The molecule has 0 aliphatic rings. The van der Waals surface area contributed by atoms with Crippen molar-refractivity contribution in [3.05, 3.63) is 28.6 Å². The summed E-state index contributed by atoms with van der Waals surface area (Å²) in [7, 11) is 1.67. The molecule has 0 N–H and O–H groups in total. The number of fused-ring (bicyclic) bond motifs is 1. The summed E-state index contributed by atoms with van der Waals surface area (Å²) >= 11 is 0. The van der Waals surface area contributed by atoms with Crippen LogP contribution < -0.4 is 5.56 Å². The van der Waals surface area contributed by atoms with E-state index in [9.17, 15) is 4.79 Å². The van der Waals surface area contributed by atoms with Gasteiger partial charge in [-0.3, -0.25) is 9.36 Å². The molecule has 0 amide bonds. The second kappa shape index (κ2) is 2.62. The Bertz CT molecular complexity index is 517. The number of rotatable bonds is 0. The molecule has 2 aromatic heterocycles. The Morgan fingerprint density at radius 3 is 2.77 bits per heavy atom. The maximum Gasteiger partial charge on any atom is 0.281 e. The lowest BCUT2D eigenvalue weighted by molar-refractivity contribution is 0.785. The maximum atomic E-state index is 11.6. The van der Waals surface area contributed by atoms with Gasteiger partial charge in [0.1, 0.15) is 5.82 Å². The zero-order chi connectivity index (χ0) is 9.42. The minimum absolute atomic E-state index is 0.157. The van der Waals surface area contributed by atoms with E-state index >= 15 is 0 Å². The molecule has 5 heteroatoms. The third-order valence-electron chi connectivity index (χ3n) is 1.94. The first-order chi connectivity index (χ1) is 6.20.